The molecule has 0 radical (unpaired) electrons. The maximum absolute atomic E-state index is 12.8. The summed E-state index contributed by atoms with van der Waals surface area (Å²) in [4.78, 5) is 24.1. The topological polar surface area (TPSA) is 61.5 Å². The van der Waals surface area contributed by atoms with E-state index in [1.165, 1.54) is 5.56 Å². The van der Waals surface area contributed by atoms with Crippen LogP contribution in [0.3, 0.4) is 0 Å². The summed E-state index contributed by atoms with van der Waals surface area (Å²) in [5.41, 5.74) is 2.02. The monoisotopic (exact) mass is 418 g/mol. The van der Waals surface area contributed by atoms with Gasteiger partial charge in [-0.1, -0.05) is 36.4 Å². The fourth-order valence-electron chi connectivity index (χ4n) is 3.98. The summed E-state index contributed by atoms with van der Waals surface area (Å²) < 4.78 is 6.23. The SMILES string of the molecule is CN(Cc1ncc[nH]1)C(=O)c1cccc(OC2CCN(CCc3ccccc3)CC2)c1. The Morgan fingerprint density at radius 1 is 1.16 bits per heavy atom. The van der Waals surface area contributed by atoms with E-state index in [4.69, 9.17) is 4.74 Å². The molecule has 1 amide bonds. The summed E-state index contributed by atoms with van der Waals surface area (Å²) in [6.45, 7) is 3.62. The summed E-state index contributed by atoms with van der Waals surface area (Å²) in [5.74, 6) is 1.49. The molecule has 1 fully saturated rings. The molecule has 1 aliphatic rings. The zero-order valence-corrected chi connectivity index (χ0v) is 18.0. The number of amides is 1. The number of carbonyl (C=O) groups excluding carboxylic acids is 1. The van der Waals surface area contributed by atoms with Crippen LogP contribution in [0.2, 0.25) is 0 Å². The second-order valence-electron chi connectivity index (χ2n) is 8.12. The molecule has 6 nitrogen and oxygen atoms in total. The van der Waals surface area contributed by atoms with Crippen LogP contribution in [0.4, 0.5) is 0 Å². The lowest BCUT2D eigenvalue weighted by Crippen LogP contribution is -2.39. The average Bonchev–Trinajstić information content (AvgIpc) is 3.32. The van der Waals surface area contributed by atoms with Crippen LogP contribution in [0.15, 0.2) is 67.0 Å². The number of hydrogen-bond donors (Lipinski definition) is 1. The molecule has 3 aromatic rings. The number of ether oxygens (including phenoxy) is 1. The molecule has 1 aliphatic heterocycles. The van der Waals surface area contributed by atoms with Crippen molar-refractivity contribution in [2.45, 2.75) is 31.9 Å². The van der Waals surface area contributed by atoms with Gasteiger partial charge in [-0.25, -0.2) is 4.98 Å². The van der Waals surface area contributed by atoms with Gasteiger partial charge in [0.25, 0.3) is 5.91 Å². The number of rotatable bonds is 8. The molecule has 0 spiro atoms. The van der Waals surface area contributed by atoms with E-state index < -0.39 is 0 Å². The van der Waals surface area contributed by atoms with E-state index in [1.807, 2.05) is 24.3 Å². The number of aromatic nitrogens is 2. The van der Waals surface area contributed by atoms with Crippen molar-refractivity contribution in [3.63, 3.8) is 0 Å². The third-order valence-electron chi connectivity index (χ3n) is 5.77. The van der Waals surface area contributed by atoms with E-state index in [0.717, 1.165) is 50.5 Å². The van der Waals surface area contributed by atoms with Gasteiger partial charge in [0.1, 0.15) is 17.7 Å². The number of carbonyl (C=O) groups is 1. The van der Waals surface area contributed by atoms with Crippen LogP contribution >= 0.6 is 0 Å². The number of nitrogens with zero attached hydrogens (tertiary/aromatic N) is 3. The van der Waals surface area contributed by atoms with Crippen LogP contribution in [-0.2, 0) is 13.0 Å². The van der Waals surface area contributed by atoms with Gasteiger partial charge >= 0.3 is 0 Å². The molecular weight excluding hydrogens is 388 g/mol. The molecule has 6 heteroatoms. The summed E-state index contributed by atoms with van der Waals surface area (Å²) in [5, 5.41) is 0. The Hall–Kier alpha value is -3.12. The van der Waals surface area contributed by atoms with Crippen molar-refractivity contribution in [3.8, 4) is 5.75 Å². The number of benzene rings is 2. The number of H-pyrrole nitrogens is 1. The Balaban J connectivity index is 1.26. The van der Waals surface area contributed by atoms with Crippen LogP contribution in [-0.4, -0.2) is 58.5 Å². The molecular formula is C25H30N4O2. The number of imidazole rings is 1. The van der Waals surface area contributed by atoms with Gasteiger partial charge in [0, 0.05) is 44.6 Å². The number of piperidine rings is 1. The van der Waals surface area contributed by atoms with E-state index in [2.05, 4.69) is 45.2 Å². The van der Waals surface area contributed by atoms with Crippen molar-refractivity contribution >= 4 is 5.91 Å². The largest absolute Gasteiger partial charge is 0.490 e. The molecule has 2 heterocycles. The first-order valence-electron chi connectivity index (χ1n) is 10.9. The van der Waals surface area contributed by atoms with Gasteiger partial charge in [-0.05, 0) is 43.0 Å². The second-order valence-corrected chi connectivity index (χ2v) is 8.12. The molecule has 0 unspecified atom stereocenters. The van der Waals surface area contributed by atoms with Gasteiger partial charge in [-0.15, -0.1) is 0 Å². The van der Waals surface area contributed by atoms with Gasteiger partial charge in [-0.3, -0.25) is 4.79 Å². The van der Waals surface area contributed by atoms with Crippen molar-refractivity contribution in [2.24, 2.45) is 0 Å². The highest BCUT2D eigenvalue weighted by Crippen LogP contribution is 2.21. The summed E-state index contributed by atoms with van der Waals surface area (Å²) in [6.07, 6.45) is 6.74. The van der Waals surface area contributed by atoms with E-state index in [9.17, 15) is 4.79 Å². The van der Waals surface area contributed by atoms with Crippen molar-refractivity contribution in [3.05, 3.63) is 83.9 Å². The van der Waals surface area contributed by atoms with Crippen LogP contribution in [0.1, 0.15) is 34.6 Å². The average molecular weight is 419 g/mol. The minimum Gasteiger partial charge on any atom is -0.490 e. The van der Waals surface area contributed by atoms with Crippen molar-refractivity contribution in [1.29, 1.82) is 0 Å². The van der Waals surface area contributed by atoms with Crippen molar-refractivity contribution in [2.75, 3.05) is 26.7 Å². The standard InChI is InChI=1S/C25H30N4O2/c1-28(19-24-26-13-14-27-24)25(30)21-8-5-9-23(18-21)31-22-11-16-29(17-12-22)15-10-20-6-3-2-4-7-20/h2-9,13-14,18,22H,10-12,15-17,19H2,1H3,(H,26,27). The molecule has 0 aliphatic carbocycles. The summed E-state index contributed by atoms with van der Waals surface area (Å²) in [7, 11) is 1.78. The van der Waals surface area contributed by atoms with Crippen LogP contribution in [0, 0.1) is 0 Å². The van der Waals surface area contributed by atoms with Crippen LogP contribution < -0.4 is 4.74 Å². The van der Waals surface area contributed by atoms with Crippen LogP contribution in [0.5, 0.6) is 5.75 Å². The number of hydrogen-bond acceptors (Lipinski definition) is 4. The van der Waals surface area contributed by atoms with E-state index in [1.54, 1.807) is 24.3 Å². The highest BCUT2D eigenvalue weighted by atomic mass is 16.5. The zero-order chi connectivity index (χ0) is 21.5. The number of aromatic amines is 1. The first kappa shape index (κ1) is 21.1. The predicted molar refractivity (Wildman–Crippen MR) is 121 cm³/mol. The summed E-state index contributed by atoms with van der Waals surface area (Å²) in [6, 6.07) is 18.1. The lowest BCUT2D eigenvalue weighted by molar-refractivity contribution is 0.0779. The molecule has 0 bridgehead atoms. The Morgan fingerprint density at radius 3 is 2.71 bits per heavy atom. The summed E-state index contributed by atoms with van der Waals surface area (Å²) >= 11 is 0. The molecule has 1 saturated heterocycles. The molecule has 162 valence electrons. The predicted octanol–water partition coefficient (Wildman–Crippen LogP) is 3.77. The fraction of sp³-hybridized carbons (Fsp3) is 0.360. The Bertz CT molecular complexity index is 951. The molecule has 1 N–H and O–H groups in total. The Morgan fingerprint density at radius 2 is 1.97 bits per heavy atom. The zero-order valence-electron chi connectivity index (χ0n) is 18.0. The molecule has 4 rings (SSSR count). The van der Waals surface area contributed by atoms with Gasteiger partial charge < -0.3 is 19.5 Å². The number of nitrogens with one attached hydrogen (secondary N) is 1. The minimum atomic E-state index is -0.0439. The first-order chi connectivity index (χ1) is 15.2. The van der Waals surface area contributed by atoms with E-state index in [-0.39, 0.29) is 12.0 Å². The number of likely N-dealkylation sites (tertiary alicyclic amines) is 1. The molecule has 2 aromatic carbocycles. The first-order valence-corrected chi connectivity index (χ1v) is 10.9. The third kappa shape index (κ3) is 5.95. The van der Waals surface area contributed by atoms with Crippen LogP contribution in [0.25, 0.3) is 0 Å². The minimum absolute atomic E-state index is 0.0439. The van der Waals surface area contributed by atoms with Gasteiger partial charge in [0.05, 0.1) is 6.54 Å². The molecule has 0 saturated carbocycles. The second kappa shape index (κ2) is 10.3. The van der Waals surface area contributed by atoms with Gasteiger partial charge in [0.15, 0.2) is 0 Å². The normalized spacial score (nSPS) is 15.0. The van der Waals surface area contributed by atoms with E-state index in [0.29, 0.717) is 12.1 Å². The smallest absolute Gasteiger partial charge is 0.254 e. The van der Waals surface area contributed by atoms with Crippen molar-refractivity contribution in [1.82, 2.24) is 19.8 Å². The molecule has 0 atom stereocenters. The molecule has 31 heavy (non-hydrogen) atoms. The molecule has 1 aromatic heterocycles. The lowest BCUT2D eigenvalue weighted by Gasteiger charge is -2.32. The Labute approximate surface area is 183 Å². The van der Waals surface area contributed by atoms with Gasteiger partial charge in [-0.2, -0.15) is 0 Å². The highest BCUT2D eigenvalue weighted by molar-refractivity contribution is 5.94. The maximum Gasteiger partial charge on any atom is 0.254 e. The van der Waals surface area contributed by atoms with Crippen molar-refractivity contribution < 1.29 is 9.53 Å². The van der Waals surface area contributed by atoms with E-state index >= 15 is 0 Å². The quantitative estimate of drug-likeness (QED) is 0.605. The maximum atomic E-state index is 12.8. The Kier molecular flexibility index (Phi) is 6.99. The lowest BCUT2D eigenvalue weighted by atomic mass is 10.1. The fourth-order valence-corrected chi connectivity index (χ4v) is 3.98. The third-order valence-corrected chi connectivity index (χ3v) is 5.77. The highest BCUT2D eigenvalue weighted by Gasteiger charge is 2.21. The van der Waals surface area contributed by atoms with Gasteiger partial charge in [0.2, 0.25) is 0 Å².